The minimum absolute atomic E-state index is 0.0790. The molecular weight excluding hydrogens is 286 g/mol. The molecule has 2 atom stereocenters. The van der Waals surface area contributed by atoms with E-state index in [0.717, 1.165) is 30.5 Å². The van der Waals surface area contributed by atoms with Gasteiger partial charge >= 0.3 is 6.01 Å². The van der Waals surface area contributed by atoms with Crippen LogP contribution >= 0.6 is 0 Å². The second kappa shape index (κ2) is 5.20. The normalized spacial score (nSPS) is 23.7. The first-order valence-electron chi connectivity index (χ1n) is 7.47. The molecule has 0 radical (unpaired) electrons. The number of nitrogens with zero attached hydrogens (tertiary/aromatic N) is 4. The molecule has 2 aromatic heterocycles. The van der Waals surface area contributed by atoms with Crippen molar-refractivity contribution in [2.24, 2.45) is 0 Å². The van der Waals surface area contributed by atoms with Gasteiger partial charge in [-0.3, -0.25) is 4.79 Å². The van der Waals surface area contributed by atoms with Gasteiger partial charge in [0.2, 0.25) is 0 Å². The quantitative estimate of drug-likeness (QED) is 0.881. The van der Waals surface area contributed by atoms with Crippen LogP contribution in [0.5, 0.6) is 0 Å². The lowest BCUT2D eigenvalue weighted by Gasteiger charge is -2.19. The van der Waals surface area contributed by atoms with Gasteiger partial charge in [-0.1, -0.05) is 5.16 Å². The molecule has 1 aliphatic carbocycles. The number of rotatable bonds is 3. The molecule has 116 valence electrons. The van der Waals surface area contributed by atoms with Gasteiger partial charge in [-0.25, -0.2) is 4.68 Å². The lowest BCUT2D eigenvalue weighted by atomic mass is 10.1. The Hall–Kier alpha value is -2.22. The number of nitrogens with one attached hydrogen (secondary N) is 1. The topological polar surface area (TPSA) is 95.1 Å². The molecule has 1 N–H and O–H groups in total. The van der Waals surface area contributed by atoms with Crippen LogP contribution in [0.2, 0.25) is 0 Å². The average Bonchev–Trinajstić information content (AvgIpc) is 3.20. The van der Waals surface area contributed by atoms with Crippen LogP contribution in [-0.2, 0) is 17.6 Å². The molecule has 3 heterocycles. The van der Waals surface area contributed by atoms with E-state index in [4.69, 9.17) is 9.26 Å². The highest BCUT2D eigenvalue weighted by atomic mass is 16.5. The van der Waals surface area contributed by atoms with Crippen LogP contribution in [0, 0.1) is 6.92 Å². The van der Waals surface area contributed by atoms with Gasteiger partial charge in [0.05, 0.1) is 24.9 Å². The molecule has 0 amide bonds. The zero-order chi connectivity index (χ0) is 15.1. The third-order valence-electron chi connectivity index (χ3n) is 4.18. The third kappa shape index (κ3) is 2.29. The fraction of sp³-hybridized carbons (Fsp3) is 0.571. The monoisotopic (exact) mass is 303 g/mol. The molecule has 0 bridgehead atoms. The molecule has 1 fully saturated rings. The summed E-state index contributed by atoms with van der Waals surface area (Å²) in [5.74, 6) is 0.561. The summed E-state index contributed by atoms with van der Waals surface area (Å²) in [7, 11) is 0. The van der Waals surface area contributed by atoms with Crippen molar-refractivity contribution in [3.05, 3.63) is 33.5 Å². The lowest BCUT2D eigenvalue weighted by Crippen LogP contribution is -2.37. The third-order valence-corrected chi connectivity index (χ3v) is 4.18. The van der Waals surface area contributed by atoms with E-state index in [1.807, 2.05) is 0 Å². The van der Waals surface area contributed by atoms with Crippen LogP contribution in [0.4, 0.5) is 6.01 Å². The van der Waals surface area contributed by atoms with Gasteiger partial charge < -0.3 is 14.6 Å². The number of anilines is 1. The number of fused-ring (bicyclic) bond motifs is 1. The van der Waals surface area contributed by atoms with E-state index in [-0.39, 0.29) is 17.6 Å². The Balaban J connectivity index is 1.62. The van der Waals surface area contributed by atoms with Crippen molar-refractivity contribution in [2.75, 3.05) is 18.5 Å². The van der Waals surface area contributed by atoms with Crippen molar-refractivity contribution in [1.82, 2.24) is 19.9 Å². The van der Waals surface area contributed by atoms with Crippen molar-refractivity contribution in [2.45, 2.75) is 38.3 Å². The molecule has 0 saturated carbocycles. The van der Waals surface area contributed by atoms with Gasteiger partial charge in [-0.2, -0.15) is 10.1 Å². The van der Waals surface area contributed by atoms with Crippen molar-refractivity contribution >= 4 is 6.01 Å². The van der Waals surface area contributed by atoms with E-state index < -0.39 is 0 Å². The van der Waals surface area contributed by atoms with E-state index in [1.165, 1.54) is 4.68 Å². The summed E-state index contributed by atoms with van der Waals surface area (Å²) in [6.07, 6.45) is 2.95. The Morgan fingerprint density at radius 3 is 3.09 bits per heavy atom. The average molecular weight is 303 g/mol. The van der Waals surface area contributed by atoms with Crippen molar-refractivity contribution < 1.29 is 9.26 Å². The Bertz CT molecular complexity index is 753. The second-order valence-corrected chi connectivity index (χ2v) is 5.76. The predicted octanol–water partition coefficient (Wildman–Crippen LogP) is 0.475. The standard InChI is InChI=1S/C14H17N5O3/c1-8-15-14(22-18-8)16-11-6-21-7-12(11)19-13(20)5-9-3-2-4-10(9)17-19/h5,11-12H,2-4,6-7H2,1H3,(H,15,16,18). The maximum atomic E-state index is 12.3. The Kier molecular flexibility index (Phi) is 3.18. The van der Waals surface area contributed by atoms with Crippen LogP contribution in [-0.4, -0.2) is 39.2 Å². The van der Waals surface area contributed by atoms with Crippen LogP contribution in [0.15, 0.2) is 15.4 Å². The van der Waals surface area contributed by atoms with Crippen molar-refractivity contribution in [1.29, 1.82) is 0 Å². The first-order chi connectivity index (χ1) is 10.7. The summed E-state index contributed by atoms with van der Waals surface area (Å²) in [6.45, 7) is 2.66. The van der Waals surface area contributed by atoms with Gasteiger partial charge in [0.25, 0.3) is 5.56 Å². The minimum atomic E-state index is -0.175. The Labute approximate surface area is 126 Å². The van der Waals surface area contributed by atoms with Gasteiger partial charge in [0.15, 0.2) is 5.82 Å². The number of hydrogen-bond donors (Lipinski definition) is 1. The fourth-order valence-electron chi connectivity index (χ4n) is 3.09. The summed E-state index contributed by atoms with van der Waals surface area (Å²) in [5, 5.41) is 11.4. The number of aromatic nitrogens is 4. The number of hydrogen-bond acceptors (Lipinski definition) is 7. The van der Waals surface area contributed by atoms with Crippen LogP contribution in [0.3, 0.4) is 0 Å². The molecular formula is C14H17N5O3. The van der Waals surface area contributed by atoms with Crippen LogP contribution in [0.25, 0.3) is 0 Å². The first kappa shape index (κ1) is 13.4. The highest BCUT2D eigenvalue weighted by Crippen LogP contribution is 2.23. The van der Waals surface area contributed by atoms with E-state index >= 15 is 0 Å². The van der Waals surface area contributed by atoms with Crippen molar-refractivity contribution in [3.8, 4) is 0 Å². The highest BCUT2D eigenvalue weighted by molar-refractivity contribution is 5.24. The zero-order valence-electron chi connectivity index (χ0n) is 12.3. The largest absolute Gasteiger partial charge is 0.377 e. The van der Waals surface area contributed by atoms with Gasteiger partial charge in [0.1, 0.15) is 6.04 Å². The predicted molar refractivity (Wildman–Crippen MR) is 76.8 cm³/mol. The van der Waals surface area contributed by atoms with Crippen molar-refractivity contribution in [3.63, 3.8) is 0 Å². The minimum Gasteiger partial charge on any atom is -0.377 e. The Morgan fingerprint density at radius 1 is 1.36 bits per heavy atom. The molecule has 1 aliphatic heterocycles. The summed E-state index contributed by atoms with van der Waals surface area (Å²) in [5.41, 5.74) is 2.03. The highest BCUT2D eigenvalue weighted by Gasteiger charge is 2.33. The van der Waals surface area contributed by atoms with Gasteiger partial charge in [0, 0.05) is 6.07 Å². The van der Waals surface area contributed by atoms with Crippen LogP contribution in [0.1, 0.15) is 29.5 Å². The second-order valence-electron chi connectivity index (χ2n) is 5.76. The van der Waals surface area contributed by atoms with Gasteiger partial charge in [-0.05, 0) is 31.7 Å². The molecule has 2 unspecified atom stereocenters. The summed E-state index contributed by atoms with van der Waals surface area (Å²) in [6, 6.07) is 1.75. The molecule has 2 aliphatic rings. The van der Waals surface area contributed by atoms with E-state index in [9.17, 15) is 4.79 Å². The van der Waals surface area contributed by atoms with Gasteiger partial charge in [-0.15, -0.1) is 0 Å². The Morgan fingerprint density at radius 2 is 2.27 bits per heavy atom. The molecule has 1 saturated heterocycles. The van der Waals surface area contributed by atoms with E-state index in [1.54, 1.807) is 13.0 Å². The molecule has 8 heteroatoms. The molecule has 8 nitrogen and oxygen atoms in total. The maximum absolute atomic E-state index is 12.3. The molecule has 0 aromatic carbocycles. The van der Waals surface area contributed by atoms with E-state index in [2.05, 4.69) is 20.6 Å². The number of ether oxygens (including phenoxy) is 1. The zero-order valence-corrected chi connectivity index (χ0v) is 12.3. The maximum Gasteiger partial charge on any atom is 0.321 e. The summed E-state index contributed by atoms with van der Waals surface area (Å²) < 4.78 is 12.1. The SMILES string of the molecule is Cc1noc(NC2COCC2n2nc3c(cc2=O)CCC3)n1. The van der Waals surface area contributed by atoms with Crippen LogP contribution < -0.4 is 10.9 Å². The number of aryl methyl sites for hydroxylation is 3. The summed E-state index contributed by atoms with van der Waals surface area (Å²) in [4.78, 5) is 16.5. The molecule has 2 aromatic rings. The molecule has 0 spiro atoms. The summed E-state index contributed by atoms with van der Waals surface area (Å²) >= 11 is 0. The van der Waals surface area contributed by atoms with E-state index in [0.29, 0.717) is 25.1 Å². The molecule has 4 rings (SSSR count). The fourth-order valence-corrected chi connectivity index (χ4v) is 3.09. The smallest absolute Gasteiger partial charge is 0.321 e. The lowest BCUT2D eigenvalue weighted by molar-refractivity contribution is 0.182. The first-order valence-corrected chi connectivity index (χ1v) is 7.47. The molecule has 22 heavy (non-hydrogen) atoms.